The first kappa shape index (κ1) is 16.0. The molecule has 8 nitrogen and oxygen atoms in total. The van der Waals surface area contributed by atoms with Crippen molar-refractivity contribution in [2.75, 3.05) is 38.6 Å². The zero-order chi connectivity index (χ0) is 16.1. The Bertz CT molecular complexity index is 541. The Morgan fingerprint density at radius 3 is 2.68 bits per heavy atom. The number of likely N-dealkylation sites (tertiary alicyclic amines) is 1. The lowest BCUT2D eigenvalue weighted by molar-refractivity contribution is 0.0924. The van der Waals surface area contributed by atoms with Gasteiger partial charge in [-0.15, -0.1) is 0 Å². The maximum absolute atomic E-state index is 12.1. The Labute approximate surface area is 129 Å². The Morgan fingerprint density at radius 1 is 1.41 bits per heavy atom. The number of nitrogens with one attached hydrogen (secondary N) is 1. The molecule has 2 N–H and O–H groups in total. The number of carbonyl (C=O) groups excluding carboxylic acids is 1. The molecule has 0 aromatic carbocycles. The number of nitrogens with zero attached hydrogens (tertiary/aromatic N) is 4. The third-order valence-corrected chi connectivity index (χ3v) is 3.71. The molecule has 2 amide bonds. The number of carboxylic acid groups (broad SMARTS) is 1. The van der Waals surface area contributed by atoms with Crippen LogP contribution < -0.4 is 10.2 Å². The van der Waals surface area contributed by atoms with Gasteiger partial charge in [0.15, 0.2) is 0 Å². The molecule has 1 aromatic rings. The van der Waals surface area contributed by atoms with E-state index in [1.807, 2.05) is 14.1 Å². The number of rotatable bonds is 4. The maximum atomic E-state index is 12.1. The van der Waals surface area contributed by atoms with Crippen LogP contribution in [0.4, 0.5) is 10.7 Å². The predicted octanol–water partition coefficient (Wildman–Crippen LogP) is 0.662. The van der Waals surface area contributed by atoms with E-state index in [1.54, 1.807) is 17.2 Å². The second kappa shape index (κ2) is 7.06. The van der Waals surface area contributed by atoms with E-state index >= 15 is 0 Å². The van der Waals surface area contributed by atoms with Gasteiger partial charge >= 0.3 is 6.09 Å². The summed E-state index contributed by atoms with van der Waals surface area (Å²) < 4.78 is 0. The molecule has 0 unspecified atom stereocenters. The van der Waals surface area contributed by atoms with Gasteiger partial charge in [-0.25, -0.2) is 14.8 Å². The van der Waals surface area contributed by atoms with Crippen LogP contribution >= 0.6 is 0 Å². The zero-order valence-corrected chi connectivity index (χ0v) is 12.8. The van der Waals surface area contributed by atoms with Gasteiger partial charge in [0.25, 0.3) is 5.91 Å². The summed E-state index contributed by atoms with van der Waals surface area (Å²) in [6.07, 6.45) is 2.21. The van der Waals surface area contributed by atoms with Crippen molar-refractivity contribution < 1.29 is 14.7 Å². The Kier molecular flexibility index (Phi) is 5.13. The summed E-state index contributed by atoms with van der Waals surface area (Å²) in [4.78, 5) is 34.3. The molecule has 1 aliphatic rings. The summed E-state index contributed by atoms with van der Waals surface area (Å²) in [5, 5.41) is 11.8. The molecule has 120 valence electrons. The molecular weight excluding hydrogens is 286 g/mol. The van der Waals surface area contributed by atoms with Crippen LogP contribution in [0.15, 0.2) is 12.3 Å². The molecule has 0 spiro atoms. The molecule has 0 saturated carbocycles. The summed E-state index contributed by atoms with van der Waals surface area (Å²) >= 11 is 0. The number of hydrogen-bond acceptors (Lipinski definition) is 5. The van der Waals surface area contributed by atoms with Crippen molar-refractivity contribution in [2.45, 2.75) is 12.8 Å². The average molecular weight is 307 g/mol. The SMILES string of the molecule is CN(C)c1nccc(C(=O)NCC2CCN(C(=O)O)CC2)n1. The van der Waals surface area contributed by atoms with Gasteiger partial charge in [-0.1, -0.05) is 0 Å². The van der Waals surface area contributed by atoms with E-state index in [9.17, 15) is 9.59 Å². The average Bonchev–Trinajstić information content (AvgIpc) is 2.53. The van der Waals surface area contributed by atoms with Crippen LogP contribution in [-0.4, -0.2) is 65.7 Å². The summed E-state index contributed by atoms with van der Waals surface area (Å²) in [5.74, 6) is 0.559. The van der Waals surface area contributed by atoms with Gasteiger partial charge in [0.2, 0.25) is 5.95 Å². The lowest BCUT2D eigenvalue weighted by atomic mass is 9.97. The number of hydrogen-bond donors (Lipinski definition) is 2. The third kappa shape index (κ3) is 4.06. The van der Waals surface area contributed by atoms with Crippen LogP contribution in [0.25, 0.3) is 0 Å². The first-order valence-electron chi connectivity index (χ1n) is 7.24. The van der Waals surface area contributed by atoms with E-state index in [1.165, 1.54) is 4.90 Å². The van der Waals surface area contributed by atoms with Crippen molar-refractivity contribution in [3.05, 3.63) is 18.0 Å². The molecule has 22 heavy (non-hydrogen) atoms. The Morgan fingerprint density at radius 2 is 2.09 bits per heavy atom. The molecule has 8 heteroatoms. The van der Waals surface area contributed by atoms with Gasteiger partial charge in [0.05, 0.1) is 0 Å². The fraction of sp³-hybridized carbons (Fsp3) is 0.571. The molecular formula is C14H21N5O3. The van der Waals surface area contributed by atoms with E-state index < -0.39 is 6.09 Å². The van der Waals surface area contributed by atoms with Gasteiger partial charge in [0, 0.05) is 39.9 Å². The van der Waals surface area contributed by atoms with Gasteiger partial charge in [0.1, 0.15) is 5.69 Å². The van der Waals surface area contributed by atoms with E-state index in [-0.39, 0.29) is 5.91 Å². The zero-order valence-electron chi connectivity index (χ0n) is 12.8. The monoisotopic (exact) mass is 307 g/mol. The first-order chi connectivity index (χ1) is 10.5. The van der Waals surface area contributed by atoms with Crippen molar-refractivity contribution in [1.82, 2.24) is 20.2 Å². The van der Waals surface area contributed by atoms with Gasteiger partial charge < -0.3 is 20.2 Å². The summed E-state index contributed by atoms with van der Waals surface area (Å²) in [6, 6.07) is 1.58. The van der Waals surface area contributed by atoms with Gasteiger partial charge in [-0.2, -0.15) is 0 Å². The Balaban J connectivity index is 1.83. The fourth-order valence-corrected chi connectivity index (χ4v) is 2.35. The molecule has 0 radical (unpaired) electrons. The lowest BCUT2D eigenvalue weighted by Crippen LogP contribution is -2.41. The smallest absolute Gasteiger partial charge is 0.407 e. The molecule has 2 heterocycles. The highest BCUT2D eigenvalue weighted by molar-refractivity contribution is 5.92. The largest absolute Gasteiger partial charge is 0.465 e. The van der Waals surface area contributed by atoms with E-state index in [0.29, 0.717) is 37.2 Å². The minimum atomic E-state index is -0.875. The van der Waals surface area contributed by atoms with Crippen LogP contribution in [0.3, 0.4) is 0 Å². The Hall–Kier alpha value is -2.38. The number of carbonyl (C=O) groups is 2. The summed E-state index contributed by atoms with van der Waals surface area (Å²) in [6.45, 7) is 1.58. The number of piperidine rings is 1. The molecule has 1 saturated heterocycles. The minimum absolute atomic E-state index is 0.230. The van der Waals surface area contributed by atoms with E-state index in [0.717, 1.165) is 12.8 Å². The lowest BCUT2D eigenvalue weighted by Gasteiger charge is -2.29. The van der Waals surface area contributed by atoms with Crippen LogP contribution in [0.2, 0.25) is 0 Å². The highest BCUT2D eigenvalue weighted by atomic mass is 16.4. The summed E-state index contributed by atoms with van der Waals surface area (Å²) in [5.41, 5.74) is 0.335. The summed E-state index contributed by atoms with van der Waals surface area (Å²) in [7, 11) is 3.63. The van der Waals surface area contributed by atoms with Crippen molar-refractivity contribution >= 4 is 17.9 Å². The molecule has 1 aromatic heterocycles. The standard InChI is InChI=1S/C14H21N5O3/c1-18(2)13-15-6-3-11(17-13)12(20)16-9-10-4-7-19(8-5-10)14(21)22/h3,6,10H,4-5,7-9H2,1-2H3,(H,16,20)(H,21,22). The molecule has 1 fully saturated rings. The minimum Gasteiger partial charge on any atom is -0.465 e. The van der Waals surface area contributed by atoms with Crippen molar-refractivity contribution in [3.63, 3.8) is 0 Å². The van der Waals surface area contributed by atoms with E-state index in [4.69, 9.17) is 5.11 Å². The van der Waals surface area contributed by atoms with Crippen LogP contribution in [0.5, 0.6) is 0 Å². The van der Waals surface area contributed by atoms with E-state index in [2.05, 4.69) is 15.3 Å². The van der Waals surface area contributed by atoms with Crippen LogP contribution in [0.1, 0.15) is 23.3 Å². The molecule has 0 bridgehead atoms. The first-order valence-corrected chi connectivity index (χ1v) is 7.24. The molecule has 2 rings (SSSR count). The topological polar surface area (TPSA) is 98.7 Å². The van der Waals surface area contributed by atoms with Crippen molar-refractivity contribution in [2.24, 2.45) is 5.92 Å². The van der Waals surface area contributed by atoms with Crippen LogP contribution in [0, 0.1) is 5.92 Å². The van der Waals surface area contributed by atoms with Gasteiger partial charge in [-0.05, 0) is 24.8 Å². The number of amides is 2. The van der Waals surface area contributed by atoms with Crippen molar-refractivity contribution in [1.29, 1.82) is 0 Å². The second-order valence-electron chi connectivity index (χ2n) is 5.56. The van der Waals surface area contributed by atoms with Crippen molar-refractivity contribution in [3.8, 4) is 0 Å². The van der Waals surface area contributed by atoms with Crippen LogP contribution in [-0.2, 0) is 0 Å². The quantitative estimate of drug-likeness (QED) is 0.848. The number of aromatic nitrogens is 2. The third-order valence-electron chi connectivity index (χ3n) is 3.71. The number of anilines is 1. The fourth-order valence-electron chi connectivity index (χ4n) is 2.35. The second-order valence-corrected chi connectivity index (χ2v) is 5.56. The molecule has 1 aliphatic heterocycles. The highest BCUT2D eigenvalue weighted by Gasteiger charge is 2.22. The predicted molar refractivity (Wildman–Crippen MR) is 81.0 cm³/mol. The highest BCUT2D eigenvalue weighted by Crippen LogP contribution is 2.16. The molecule has 0 aliphatic carbocycles. The normalized spacial score (nSPS) is 15.5. The van der Waals surface area contributed by atoms with Gasteiger partial charge in [-0.3, -0.25) is 4.79 Å². The molecule has 0 atom stereocenters. The maximum Gasteiger partial charge on any atom is 0.407 e.